The van der Waals surface area contributed by atoms with Gasteiger partial charge in [-0.1, -0.05) is 29.3 Å². The standard InChI is InChI=1S/C19H20Cl2FNO2S/c1-19(2,26(3,25)14-9-7-13(20)8-10-14)18(24)23-12-11-15-16(21)5-4-6-17(15)22/h4-10H,3,11-12H2,1-2H3,(H,23,24). The van der Waals surface area contributed by atoms with Crippen LogP contribution in [0.1, 0.15) is 19.4 Å². The number of nitrogens with one attached hydrogen (secondary N) is 1. The van der Waals surface area contributed by atoms with E-state index < -0.39 is 26.0 Å². The Morgan fingerprint density at radius 3 is 2.38 bits per heavy atom. The molecule has 0 saturated carbocycles. The Hall–Kier alpha value is -1.56. The summed E-state index contributed by atoms with van der Waals surface area (Å²) in [6.07, 6.45) is 0.229. The molecule has 7 heteroatoms. The van der Waals surface area contributed by atoms with Crippen molar-refractivity contribution in [3.8, 4) is 0 Å². The highest BCUT2D eigenvalue weighted by molar-refractivity contribution is 8.02. The molecule has 0 heterocycles. The third-order valence-corrected chi connectivity index (χ3v) is 7.76. The molecule has 1 amide bonds. The van der Waals surface area contributed by atoms with Crippen molar-refractivity contribution in [1.82, 2.24) is 5.32 Å². The average Bonchev–Trinajstić information content (AvgIpc) is 2.57. The molecule has 3 nitrogen and oxygen atoms in total. The zero-order valence-electron chi connectivity index (χ0n) is 14.5. The number of benzene rings is 2. The predicted octanol–water partition coefficient (Wildman–Crippen LogP) is 4.35. The third-order valence-electron chi connectivity index (χ3n) is 4.29. The first-order chi connectivity index (χ1) is 12.1. The van der Waals surface area contributed by atoms with Gasteiger partial charge >= 0.3 is 0 Å². The van der Waals surface area contributed by atoms with E-state index in [9.17, 15) is 13.4 Å². The zero-order valence-corrected chi connectivity index (χ0v) is 16.8. The molecule has 1 N–H and O–H groups in total. The number of carbonyl (C=O) groups excluding carboxylic acids is 1. The number of halogens is 3. The molecule has 1 unspecified atom stereocenters. The second kappa shape index (κ2) is 7.99. The normalized spacial score (nSPS) is 13.9. The summed E-state index contributed by atoms with van der Waals surface area (Å²) in [5.41, 5.74) is 0.334. The molecular weight excluding hydrogens is 396 g/mol. The van der Waals surface area contributed by atoms with Gasteiger partial charge in [-0.15, -0.1) is 0 Å². The number of carbonyl (C=O) groups is 1. The Balaban J connectivity index is 2.11. The highest BCUT2D eigenvalue weighted by Crippen LogP contribution is 2.27. The number of rotatable bonds is 6. The first-order valence-corrected chi connectivity index (χ1v) is 10.4. The Labute approximate surface area is 163 Å². The van der Waals surface area contributed by atoms with Gasteiger partial charge in [0, 0.05) is 36.6 Å². The lowest BCUT2D eigenvalue weighted by atomic mass is 10.1. The van der Waals surface area contributed by atoms with Crippen LogP contribution in [0.15, 0.2) is 47.4 Å². The van der Waals surface area contributed by atoms with E-state index in [1.54, 1.807) is 44.2 Å². The van der Waals surface area contributed by atoms with Crippen molar-refractivity contribution < 1.29 is 13.4 Å². The van der Waals surface area contributed by atoms with Crippen LogP contribution in [0, 0.1) is 5.82 Å². The fraction of sp³-hybridized carbons (Fsp3) is 0.263. The fourth-order valence-corrected chi connectivity index (χ4v) is 4.30. The lowest BCUT2D eigenvalue weighted by Crippen LogP contribution is -2.48. The Kier molecular flexibility index (Phi) is 6.37. The van der Waals surface area contributed by atoms with Gasteiger partial charge in [0.15, 0.2) is 0 Å². The Morgan fingerprint density at radius 1 is 1.19 bits per heavy atom. The van der Waals surface area contributed by atoms with E-state index in [2.05, 4.69) is 11.2 Å². The van der Waals surface area contributed by atoms with Crippen molar-refractivity contribution in [1.29, 1.82) is 0 Å². The van der Waals surface area contributed by atoms with Crippen LogP contribution in [0.5, 0.6) is 0 Å². The van der Waals surface area contributed by atoms with Crippen LogP contribution in [-0.4, -0.2) is 27.3 Å². The van der Waals surface area contributed by atoms with Crippen LogP contribution < -0.4 is 5.32 Å². The van der Waals surface area contributed by atoms with E-state index in [1.165, 1.54) is 12.1 Å². The van der Waals surface area contributed by atoms with Crippen LogP contribution in [0.2, 0.25) is 10.0 Å². The molecule has 0 aromatic heterocycles. The molecule has 2 aromatic carbocycles. The number of hydrogen-bond donors (Lipinski definition) is 1. The quantitative estimate of drug-likeness (QED) is 0.712. The summed E-state index contributed by atoms with van der Waals surface area (Å²) >= 11 is 11.8. The molecule has 140 valence electrons. The van der Waals surface area contributed by atoms with Gasteiger partial charge in [-0.25, -0.2) is 4.39 Å². The van der Waals surface area contributed by atoms with Gasteiger partial charge in [-0.2, -0.15) is 0 Å². The molecule has 26 heavy (non-hydrogen) atoms. The Morgan fingerprint density at radius 2 is 1.81 bits per heavy atom. The van der Waals surface area contributed by atoms with Crippen LogP contribution in [-0.2, 0) is 20.7 Å². The maximum Gasteiger partial charge on any atom is 0.238 e. The summed E-state index contributed by atoms with van der Waals surface area (Å²) in [5, 5.41) is 3.52. The largest absolute Gasteiger partial charge is 0.355 e. The van der Waals surface area contributed by atoms with Gasteiger partial charge in [0.1, 0.15) is 10.6 Å². The Bertz CT molecular complexity index is 889. The predicted molar refractivity (Wildman–Crippen MR) is 107 cm³/mol. The molecule has 0 aliphatic rings. The zero-order chi connectivity index (χ0) is 19.5. The van der Waals surface area contributed by atoms with Crippen LogP contribution >= 0.6 is 23.2 Å². The molecule has 2 rings (SSSR count). The molecule has 0 aliphatic carbocycles. The van der Waals surface area contributed by atoms with Gasteiger partial charge in [-0.05, 0) is 62.5 Å². The summed E-state index contributed by atoms with van der Waals surface area (Å²) in [6.45, 7) is 3.31. The summed E-state index contributed by atoms with van der Waals surface area (Å²) < 4.78 is 25.7. The lowest BCUT2D eigenvalue weighted by molar-refractivity contribution is -0.122. The molecule has 0 bridgehead atoms. The molecule has 0 saturated heterocycles. The molecule has 0 radical (unpaired) electrons. The lowest BCUT2D eigenvalue weighted by Gasteiger charge is -2.28. The molecule has 2 aromatic rings. The van der Waals surface area contributed by atoms with Crippen LogP contribution in [0.3, 0.4) is 0 Å². The first kappa shape index (κ1) is 20.7. The van der Waals surface area contributed by atoms with Crippen molar-refractivity contribution in [3.63, 3.8) is 0 Å². The number of hydrogen-bond acceptors (Lipinski definition) is 2. The van der Waals surface area contributed by atoms with E-state index >= 15 is 0 Å². The van der Waals surface area contributed by atoms with E-state index in [1.807, 2.05) is 0 Å². The van der Waals surface area contributed by atoms with Gasteiger partial charge in [0.25, 0.3) is 0 Å². The minimum absolute atomic E-state index is 0.166. The number of amides is 1. The highest BCUT2D eigenvalue weighted by Gasteiger charge is 2.37. The minimum Gasteiger partial charge on any atom is -0.355 e. The van der Waals surface area contributed by atoms with Crippen molar-refractivity contribution >= 4 is 44.5 Å². The molecule has 0 fully saturated rings. The van der Waals surface area contributed by atoms with Crippen LogP contribution in [0.25, 0.3) is 0 Å². The van der Waals surface area contributed by atoms with Crippen LogP contribution in [0.4, 0.5) is 4.39 Å². The molecular formula is C19H20Cl2FNO2S. The second-order valence-electron chi connectivity index (χ2n) is 6.35. The van der Waals surface area contributed by atoms with E-state index in [4.69, 9.17) is 23.2 Å². The van der Waals surface area contributed by atoms with E-state index in [-0.39, 0.29) is 13.0 Å². The third kappa shape index (κ3) is 4.22. The van der Waals surface area contributed by atoms with Crippen molar-refractivity contribution in [2.24, 2.45) is 0 Å². The molecule has 0 aliphatic heterocycles. The van der Waals surface area contributed by atoms with E-state index in [0.717, 1.165) is 0 Å². The maximum atomic E-state index is 13.8. The van der Waals surface area contributed by atoms with Gasteiger partial charge in [-0.3, -0.25) is 9.00 Å². The summed E-state index contributed by atoms with van der Waals surface area (Å²) in [4.78, 5) is 13.1. The SMILES string of the molecule is C=S(=O)(c1ccc(Cl)cc1)C(C)(C)C(=O)NCCc1c(F)cccc1Cl. The minimum atomic E-state index is -2.94. The second-order valence-corrected chi connectivity index (χ2v) is 10.0. The summed E-state index contributed by atoms with van der Waals surface area (Å²) in [7, 11) is -2.94. The van der Waals surface area contributed by atoms with Gasteiger partial charge in [0.2, 0.25) is 5.91 Å². The molecule has 1 atom stereocenters. The smallest absolute Gasteiger partial charge is 0.238 e. The van der Waals surface area contributed by atoms with E-state index in [0.29, 0.717) is 20.5 Å². The first-order valence-electron chi connectivity index (χ1n) is 7.91. The molecule has 0 spiro atoms. The van der Waals surface area contributed by atoms with Gasteiger partial charge < -0.3 is 5.32 Å². The summed E-state index contributed by atoms with van der Waals surface area (Å²) in [6, 6.07) is 10.8. The van der Waals surface area contributed by atoms with Crippen molar-refractivity contribution in [2.45, 2.75) is 29.9 Å². The average molecular weight is 416 g/mol. The van der Waals surface area contributed by atoms with Crippen molar-refractivity contribution in [2.75, 3.05) is 6.54 Å². The van der Waals surface area contributed by atoms with Crippen molar-refractivity contribution in [3.05, 3.63) is 63.9 Å². The van der Waals surface area contributed by atoms with Gasteiger partial charge in [0.05, 0.1) is 0 Å². The fourth-order valence-electron chi connectivity index (χ4n) is 2.38. The monoisotopic (exact) mass is 415 g/mol. The summed E-state index contributed by atoms with van der Waals surface area (Å²) in [5.74, 6) is 2.95. The maximum absolute atomic E-state index is 13.8. The highest BCUT2D eigenvalue weighted by atomic mass is 35.5. The topological polar surface area (TPSA) is 46.2 Å².